The summed E-state index contributed by atoms with van der Waals surface area (Å²) in [5, 5.41) is 3.72. The molecule has 22 heavy (non-hydrogen) atoms. The Morgan fingerprint density at radius 1 is 1.05 bits per heavy atom. The van der Waals surface area contributed by atoms with E-state index in [4.69, 9.17) is 0 Å². The van der Waals surface area contributed by atoms with Gasteiger partial charge in [-0.25, -0.2) is 0 Å². The molecule has 1 aliphatic rings. The summed E-state index contributed by atoms with van der Waals surface area (Å²) >= 11 is 0. The molecule has 1 heterocycles. The van der Waals surface area contributed by atoms with Gasteiger partial charge >= 0.3 is 0 Å². The predicted octanol–water partition coefficient (Wildman–Crippen LogP) is 5.12. The lowest BCUT2D eigenvalue weighted by Crippen LogP contribution is -2.27. The highest BCUT2D eigenvalue weighted by atomic mass is 14.9. The Labute approximate surface area is 134 Å². The molecule has 1 aliphatic heterocycles. The van der Waals surface area contributed by atoms with E-state index in [-0.39, 0.29) is 5.41 Å². The summed E-state index contributed by atoms with van der Waals surface area (Å²) in [6.45, 7) is 10.1. The number of nitrogens with one attached hydrogen (secondary N) is 1. The van der Waals surface area contributed by atoms with E-state index in [1.165, 1.54) is 34.4 Å². The van der Waals surface area contributed by atoms with Crippen LogP contribution < -0.4 is 5.32 Å². The molecule has 0 saturated heterocycles. The van der Waals surface area contributed by atoms with Crippen molar-refractivity contribution in [1.29, 1.82) is 0 Å². The van der Waals surface area contributed by atoms with Gasteiger partial charge in [0.25, 0.3) is 0 Å². The van der Waals surface area contributed by atoms with Crippen LogP contribution >= 0.6 is 0 Å². The molecule has 2 aromatic rings. The van der Waals surface area contributed by atoms with Crippen LogP contribution in [-0.4, -0.2) is 6.54 Å². The molecule has 1 atom stereocenters. The van der Waals surface area contributed by atoms with Crippen molar-refractivity contribution in [3.63, 3.8) is 0 Å². The summed E-state index contributed by atoms with van der Waals surface area (Å²) in [5.74, 6) is 0.686. The maximum atomic E-state index is 3.72. The van der Waals surface area contributed by atoms with E-state index in [0.29, 0.717) is 5.92 Å². The van der Waals surface area contributed by atoms with Crippen molar-refractivity contribution >= 4 is 5.69 Å². The largest absolute Gasteiger partial charge is 0.384 e. The number of hydrogen-bond donors (Lipinski definition) is 1. The first kappa shape index (κ1) is 15.1. The Morgan fingerprint density at radius 3 is 2.45 bits per heavy atom. The maximum absolute atomic E-state index is 3.72. The zero-order valence-electron chi connectivity index (χ0n) is 14.2. The van der Waals surface area contributed by atoms with Crippen molar-refractivity contribution in [1.82, 2.24) is 0 Å². The van der Waals surface area contributed by atoms with Gasteiger partial charge in [0.1, 0.15) is 0 Å². The van der Waals surface area contributed by atoms with Gasteiger partial charge < -0.3 is 5.32 Å². The number of anilines is 1. The van der Waals surface area contributed by atoms with E-state index in [1.807, 2.05) is 0 Å². The first-order chi connectivity index (χ1) is 10.4. The Hall–Kier alpha value is -1.76. The fraction of sp³-hybridized carbons (Fsp3) is 0.429. The molecule has 0 saturated carbocycles. The van der Waals surface area contributed by atoms with Crippen LogP contribution in [-0.2, 0) is 18.3 Å². The molecule has 1 nitrogen and oxygen atoms in total. The Bertz CT molecular complexity index is 647. The van der Waals surface area contributed by atoms with Gasteiger partial charge in [0.2, 0.25) is 0 Å². The van der Waals surface area contributed by atoms with Gasteiger partial charge in [-0.15, -0.1) is 0 Å². The molecule has 2 aromatic carbocycles. The summed E-state index contributed by atoms with van der Waals surface area (Å²) in [5.41, 5.74) is 7.30. The van der Waals surface area contributed by atoms with E-state index in [2.05, 4.69) is 75.5 Å². The lowest BCUT2D eigenvalue weighted by Gasteiger charge is -2.32. The van der Waals surface area contributed by atoms with Crippen molar-refractivity contribution in [2.24, 2.45) is 5.92 Å². The summed E-state index contributed by atoms with van der Waals surface area (Å²) < 4.78 is 0. The molecule has 0 bridgehead atoms. The van der Waals surface area contributed by atoms with E-state index in [9.17, 15) is 0 Å². The van der Waals surface area contributed by atoms with E-state index in [0.717, 1.165) is 13.0 Å². The molecule has 0 fully saturated rings. The third-order valence-corrected chi connectivity index (χ3v) is 4.68. The highest BCUT2D eigenvalue weighted by Crippen LogP contribution is 2.36. The zero-order chi connectivity index (χ0) is 15.7. The zero-order valence-corrected chi connectivity index (χ0v) is 14.2. The van der Waals surface area contributed by atoms with Crippen LogP contribution in [0.25, 0.3) is 0 Å². The number of aryl methyl sites for hydroxylation is 1. The number of para-hydroxylation sites is 1. The van der Waals surface area contributed by atoms with Gasteiger partial charge in [-0.1, -0.05) is 68.8 Å². The second kappa shape index (κ2) is 5.79. The minimum Gasteiger partial charge on any atom is -0.384 e. The number of hydrogen-bond acceptors (Lipinski definition) is 1. The molecule has 1 N–H and O–H groups in total. The lowest BCUT2D eigenvalue weighted by molar-refractivity contribution is 0.527. The number of rotatable bonds is 2. The molecule has 0 aliphatic carbocycles. The van der Waals surface area contributed by atoms with Crippen LogP contribution in [0, 0.1) is 12.8 Å². The normalized spacial score (nSPS) is 17.7. The lowest BCUT2D eigenvalue weighted by atomic mass is 9.80. The molecule has 1 unspecified atom stereocenters. The molecule has 0 spiro atoms. The number of benzene rings is 2. The van der Waals surface area contributed by atoms with Crippen LogP contribution in [0.15, 0.2) is 42.5 Å². The molecular weight excluding hydrogens is 266 g/mol. The monoisotopic (exact) mass is 293 g/mol. The van der Waals surface area contributed by atoms with Crippen molar-refractivity contribution in [3.05, 3.63) is 64.7 Å². The van der Waals surface area contributed by atoms with Gasteiger partial charge in [0, 0.05) is 12.2 Å². The van der Waals surface area contributed by atoms with Gasteiger partial charge in [-0.3, -0.25) is 0 Å². The molecule has 1 heteroatoms. The van der Waals surface area contributed by atoms with Crippen molar-refractivity contribution in [2.75, 3.05) is 11.9 Å². The van der Waals surface area contributed by atoms with E-state index >= 15 is 0 Å². The Balaban J connectivity index is 1.78. The average Bonchev–Trinajstić information content (AvgIpc) is 2.48. The smallest absolute Gasteiger partial charge is 0.0410 e. The average molecular weight is 293 g/mol. The van der Waals surface area contributed by atoms with Crippen LogP contribution in [0.3, 0.4) is 0 Å². The highest BCUT2D eigenvalue weighted by Gasteiger charge is 2.25. The Kier molecular flexibility index (Phi) is 3.99. The standard InChI is InChI=1S/C21H27N/c1-15-8-10-16(11-9-15)12-17-13-18-6-5-7-19(21(2,3)4)20(18)22-14-17/h5-11,17,22H,12-14H2,1-4H3. The molecule has 0 aromatic heterocycles. The van der Waals surface area contributed by atoms with Crippen molar-refractivity contribution in [3.8, 4) is 0 Å². The molecule has 0 radical (unpaired) electrons. The van der Waals surface area contributed by atoms with Crippen LogP contribution in [0.2, 0.25) is 0 Å². The molecular formula is C21H27N. The van der Waals surface area contributed by atoms with Crippen LogP contribution in [0.5, 0.6) is 0 Å². The van der Waals surface area contributed by atoms with Gasteiger partial charge in [0.05, 0.1) is 0 Å². The van der Waals surface area contributed by atoms with E-state index in [1.54, 1.807) is 0 Å². The second-order valence-corrected chi connectivity index (χ2v) is 7.73. The van der Waals surface area contributed by atoms with E-state index < -0.39 is 0 Å². The van der Waals surface area contributed by atoms with Crippen molar-refractivity contribution in [2.45, 2.75) is 46.0 Å². The quantitative estimate of drug-likeness (QED) is 0.810. The SMILES string of the molecule is Cc1ccc(CC2CNc3c(cccc3C(C)(C)C)C2)cc1. The summed E-state index contributed by atoms with van der Waals surface area (Å²) in [6, 6.07) is 15.8. The summed E-state index contributed by atoms with van der Waals surface area (Å²) in [6.07, 6.45) is 2.34. The third kappa shape index (κ3) is 3.19. The van der Waals surface area contributed by atoms with Crippen molar-refractivity contribution < 1.29 is 0 Å². The minimum absolute atomic E-state index is 0.197. The second-order valence-electron chi connectivity index (χ2n) is 7.73. The van der Waals surface area contributed by atoms with Crippen LogP contribution in [0.4, 0.5) is 5.69 Å². The fourth-order valence-corrected chi connectivity index (χ4v) is 3.44. The van der Waals surface area contributed by atoms with Gasteiger partial charge in [-0.05, 0) is 47.8 Å². The molecule has 116 valence electrons. The fourth-order valence-electron chi connectivity index (χ4n) is 3.44. The first-order valence-corrected chi connectivity index (χ1v) is 8.35. The third-order valence-electron chi connectivity index (χ3n) is 4.68. The van der Waals surface area contributed by atoms with Gasteiger partial charge in [-0.2, -0.15) is 0 Å². The van der Waals surface area contributed by atoms with Crippen LogP contribution in [0.1, 0.15) is 43.0 Å². The minimum atomic E-state index is 0.197. The number of fused-ring (bicyclic) bond motifs is 1. The van der Waals surface area contributed by atoms with Gasteiger partial charge in [0.15, 0.2) is 0 Å². The summed E-state index contributed by atoms with van der Waals surface area (Å²) in [7, 11) is 0. The maximum Gasteiger partial charge on any atom is 0.0410 e. The topological polar surface area (TPSA) is 12.0 Å². The predicted molar refractivity (Wildman–Crippen MR) is 95.7 cm³/mol. The highest BCUT2D eigenvalue weighted by molar-refractivity contribution is 5.61. The molecule has 0 amide bonds. The molecule has 3 rings (SSSR count). The Morgan fingerprint density at radius 2 is 1.77 bits per heavy atom. The first-order valence-electron chi connectivity index (χ1n) is 8.35. The summed E-state index contributed by atoms with van der Waals surface area (Å²) in [4.78, 5) is 0.